The zero-order chi connectivity index (χ0) is 13.7. The number of rotatable bonds is 6. The maximum atomic E-state index is 11.0. The maximum absolute atomic E-state index is 11.0. The number of hydrogen-bond acceptors (Lipinski definition) is 4. The Morgan fingerprint density at radius 2 is 2.21 bits per heavy atom. The van der Waals surface area contributed by atoms with Crippen molar-refractivity contribution >= 4 is 27.4 Å². The molecule has 102 valence electrons. The summed E-state index contributed by atoms with van der Waals surface area (Å²) >= 11 is 1.82. The van der Waals surface area contributed by atoms with Gasteiger partial charge in [-0.05, 0) is 37.4 Å². The summed E-state index contributed by atoms with van der Waals surface area (Å²) in [6.07, 6.45) is 1.28. The second-order valence-electron chi connectivity index (χ2n) is 4.54. The van der Waals surface area contributed by atoms with Gasteiger partial charge in [-0.15, -0.1) is 11.3 Å². The average Bonchev–Trinajstić information content (AvgIpc) is 2.87. The van der Waals surface area contributed by atoms with Crippen LogP contribution in [-0.4, -0.2) is 19.6 Å². The first-order chi connectivity index (χ1) is 9.20. The number of carbonyl (C=O) groups excluding carboxylic acids is 1. The van der Waals surface area contributed by atoms with Crippen molar-refractivity contribution in [2.24, 2.45) is 0 Å². The topological polar surface area (TPSA) is 38.3 Å². The third-order valence-electron chi connectivity index (χ3n) is 3.11. The highest BCUT2D eigenvalue weighted by molar-refractivity contribution is 7.19. The van der Waals surface area contributed by atoms with Gasteiger partial charge < -0.3 is 10.1 Å². The standard InChI is InChI=1S/C15H19NO2S/c1-11(16-9-5-8-15(17)18-2)14-10-12-6-3-4-7-13(12)19-14/h3-4,6-7,10-11,16H,5,8-9H2,1-2H3. The van der Waals surface area contributed by atoms with Crippen LogP contribution >= 0.6 is 11.3 Å². The third-order valence-corrected chi connectivity index (χ3v) is 4.41. The number of esters is 1. The largest absolute Gasteiger partial charge is 0.469 e. The summed E-state index contributed by atoms with van der Waals surface area (Å²) in [7, 11) is 1.43. The van der Waals surface area contributed by atoms with Crippen LogP contribution in [0.2, 0.25) is 0 Å². The lowest BCUT2D eigenvalue weighted by molar-refractivity contribution is -0.140. The molecule has 0 aliphatic carbocycles. The molecule has 0 radical (unpaired) electrons. The van der Waals surface area contributed by atoms with Crippen LogP contribution in [0.5, 0.6) is 0 Å². The second-order valence-corrected chi connectivity index (χ2v) is 5.66. The van der Waals surface area contributed by atoms with Gasteiger partial charge in [-0.1, -0.05) is 18.2 Å². The number of benzene rings is 1. The first-order valence-corrected chi connectivity index (χ1v) is 7.31. The Kier molecular flexibility index (Phi) is 4.93. The van der Waals surface area contributed by atoms with Crippen LogP contribution in [0, 0.1) is 0 Å². The molecule has 0 saturated carbocycles. The Morgan fingerprint density at radius 3 is 2.95 bits per heavy atom. The first-order valence-electron chi connectivity index (χ1n) is 6.49. The molecule has 0 fully saturated rings. The lowest BCUT2D eigenvalue weighted by Gasteiger charge is -2.11. The summed E-state index contributed by atoms with van der Waals surface area (Å²) in [5, 5.41) is 4.74. The fourth-order valence-electron chi connectivity index (χ4n) is 1.97. The zero-order valence-electron chi connectivity index (χ0n) is 11.3. The van der Waals surface area contributed by atoms with Gasteiger partial charge in [-0.25, -0.2) is 0 Å². The summed E-state index contributed by atoms with van der Waals surface area (Å²) in [6.45, 7) is 2.98. The number of thiophene rings is 1. The maximum Gasteiger partial charge on any atom is 0.305 e. The Labute approximate surface area is 117 Å². The predicted octanol–water partition coefficient (Wildman–Crippen LogP) is 3.51. The summed E-state index contributed by atoms with van der Waals surface area (Å²) in [5.74, 6) is -0.142. The quantitative estimate of drug-likeness (QED) is 0.648. The molecule has 4 heteroatoms. The van der Waals surface area contributed by atoms with E-state index in [9.17, 15) is 4.79 Å². The molecule has 19 heavy (non-hydrogen) atoms. The van der Waals surface area contributed by atoms with E-state index in [0.717, 1.165) is 13.0 Å². The predicted molar refractivity (Wildman–Crippen MR) is 79.5 cm³/mol. The van der Waals surface area contributed by atoms with Gasteiger partial charge in [0.15, 0.2) is 0 Å². The van der Waals surface area contributed by atoms with Gasteiger partial charge in [0.05, 0.1) is 7.11 Å². The van der Waals surface area contributed by atoms with Crippen LogP contribution in [0.4, 0.5) is 0 Å². The van der Waals surface area contributed by atoms with Crippen LogP contribution in [0.3, 0.4) is 0 Å². The van der Waals surface area contributed by atoms with Crippen molar-refractivity contribution in [1.82, 2.24) is 5.32 Å². The fraction of sp³-hybridized carbons (Fsp3) is 0.400. The van der Waals surface area contributed by atoms with Crippen LogP contribution in [-0.2, 0) is 9.53 Å². The molecule has 0 amide bonds. The zero-order valence-corrected chi connectivity index (χ0v) is 12.1. The summed E-state index contributed by atoms with van der Waals surface area (Å²) < 4.78 is 5.94. The Morgan fingerprint density at radius 1 is 1.42 bits per heavy atom. The number of fused-ring (bicyclic) bond motifs is 1. The molecule has 0 spiro atoms. The minimum Gasteiger partial charge on any atom is -0.469 e. The summed E-state index contributed by atoms with van der Waals surface area (Å²) in [5.41, 5.74) is 0. The van der Waals surface area contributed by atoms with E-state index < -0.39 is 0 Å². The molecular weight excluding hydrogens is 258 g/mol. The molecule has 0 aliphatic heterocycles. The molecule has 1 aromatic heterocycles. The molecule has 2 aromatic rings. The SMILES string of the molecule is COC(=O)CCCNC(C)c1cc2ccccc2s1. The third kappa shape index (κ3) is 3.78. The fourth-order valence-corrected chi connectivity index (χ4v) is 3.06. The van der Waals surface area contributed by atoms with Crippen molar-refractivity contribution in [2.45, 2.75) is 25.8 Å². The number of nitrogens with one attached hydrogen (secondary N) is 1. The molecule has 3 nitrogen and oxygen atoms in total. The van der Waals surface area contributed by atoms with Gasteiger partial charge in [0.2, 0.25) is 0 Å². The van der Waals surface area contributed by atoms with Crippen molar-refractivity contribution < 1.29 is 9.53 Å². The Hall–Kier alpha value is -1.39. The van der Waals surface area contributed by atoms with Crippen molar-refractivity contribution in [3.8, 4) is 0 Å². The Balaban J connectivity index is 1.85. The molecule has 1 unspecified atom stereocenters. The second kappa shape index (κ2) is 6.68. The lowest BCUT2D eigenvalue weighted by atomic mass is 10.2. The van der Waals surface area contributed by atoms with Crippen molar-refractivity contribution in [2.75, 3.05) is 13.7 Å². The van der Waals surface area contributed by atoms with E-state index in [2.05, 4.69) is 47.3 Å². The van der Waals surface area contributed by atoms with Crippen molar-refractivity contribution in [3.05, 3.63) is 35.2 Å². The van der Waals surface area contributed by atoms with Gasteiger partial charge in [0.1, 0.15) is 0 Å². The minimum absolute atomic E-state index is 0.142. The minimum atomic E-state index is -0.142. The van der Waals surface area contributed by atoms with E-state index >= 15 is 0 Å². The molecule has 1 N–H and O–H groups in total. The van der Waals surface area contributed by atoms with E-state index in [4.69, 9.17) is 0 Å². The van der Waals surface area contributed by atoms with Gasteiger partial charge in [0, 0.05) is 22.0 Å². The molecule has 0 saturated heterocycles. The van der Waals surface area contributed by atoms with Crippen LogP contribution in [0.25, 0.3) is 10.1 Å². The van der Waals surface area contributed by atoms with Gasteiger partial charge in [0.25, 0.3) is 0 Å². The van der Waals surface area contributed by atoms with Gasteiger partial charge in [-0.3, -0.25) is 4.79 Å². The van der Waals surface area contributed by atoms with E-state index in [1.807, 2.05) is 11.3 Å². The number of methoxy groups -OCH3 is 1. The Bertz CT molecular complexity index is 517. The number of hydrogen-bond donors (Lipinski definition) is 1. The van der Waals surface area contributed by atoms with Crippen molar-refractivity contribution in [3.63, 3.8) is 0 Å². The first kappa shape index (κ1) is 14.0. The van der Waals surface area contributed by atoms with Crippen LogP contribution < -0.4 is 5.32 Å². The molecule has 2 rings (SSSR count). The highest BCUT2D eigenvalue weighted by Crippen LogP contribution is 2.29. The highest BCUT2D eigenvalue weighted by atomic mass is 32.1. The monoisotopic (exact) mass is 277 g/mol. The molecule has 1 aromatic carbocycles. The normalized spacial score (nSPS) is 12.5. The molecule has 1 atom stereocenters. The van der Waals surface area contributed by atoms with Crippen molar-refractivity contribution in [1.29, 1.82) is 0 Å². The molecule has 0 bridgehead atoms. The lowest BCUT2D eigenvalue weighted by Crippen LogP contribution is -2.19. The highest BCUT2D eigenvalue weighted by Gasteiger charge is 2.09. The van der Waals surface area contributed by atoms with Gasteiger partial charge >= 0.3 is 5.97 Å². The average molecular weight is 277 g/mol. The summed E-state index contributed by atoms with van der Waals surface area (Å²) in [6, 6.07) is 11.0. The van der Waals surface area contributed by atoms with E-state index in [1.54, 1.807) is 0 Å². The summed E-state index contributed by atoms with van der Waals surface area (Å²) in [4.78, 5) is 12.3. The molecular formula is C15H19NO2S. The van der Waals surface area contributed by atoms with Crippen LogP contribution in [0.1, 0.15) is 30.7 Å². The number of ether oxygens (including phenoxy) is 1. The van der Waals surface area contributed by atoms with Gasteiger partial charge in [-0.2, -0.15) is 0 Å². The molecule has 0 aliphatic rings. The van der Waals surface area contributed by atoms with Crippen LogP contribution in [0.15, 0.2) is 30.3 Å². The molecule has 1 heterocycles. The van der Waals surface area contributed by atoms with E-state index in [-0.39, 0.29) is 5.97 Å². The smallest absolute Gasteiger partial charge is 0.305 e. The number of carbonyl (C=O) groups is 1. The van der Waals surface area contributed by atoms with E-state index in [0.29, 0.717) is 12.5 Å². The van der Waals surface area contributed by atoms with E-state index in [1.165, 1.54) is 22.1 Å².